The molecule has 1 aliphatic heterocycles. The van der Waals surface area contributed by atoms with E-state index in [1.54, 1.807) is 19.0 Å². The molecule has 1 saturated heterocycles. The van der Waals surface area contributed by atoms with Gasteiger partial charge in [0.05, 0.1) is 0 Å². The van der Waals surface area contributed by atoms with Gasteiger partial charge in [0.15, 0.2) is 0 Å². The molecular weight excluding hydrogens is 325 g/mol. The van der Waals surface area contributed by atoms with Crippen LogP contribution in [0.25, 0.3) is 0 Å². The zero-order chi connectivity index (χ0) is 18.3. The van der Waals surface area contributed by atoms with E-state index in [-0.39, 0.29) is 5.91 Å². The molecule has 0 aromatic heterocycles. The number of hydrogen-bond donors (Lipinski definition) is 2. The van der Waals surface area contributed by atoms with Crippen LogP contribution in [0.3, 0.4) is 0 Å². The van der Waals surface area contributed by atoms with Crippen molar-refractivity contribution in [2.45, 2.75) is 24.9 Å². The number of carboxylic acids is 1. The van der Waals surface area contributed by atoms with Crippen molar-refractivity contribution in [3.8, 4) is 0 Å². The summed E-state index contributed by atoms with van der Waals surface area (Å²) in [5.74, 6) is -2.03. The standard InChI is InChI=1S/C14H20N2O.C2HF3O2/c1-16(2)14(17)13-5-3-11(4-6-13)12-7-9-15-10-8-12;3-2(4,5)1(6)7/h3-6,12,15H,7-10H2,1-2H3;(H,6,7). The summed E-state index contributed by atoms with van der Waals surface area (Å²) < 4.78 is 31.7. The molecule has 5 nitrogen and oxygen atoms in total. The summed E-state index contributed by atoms with van der Waals surface area (Å²) in [6.07, 6.45) is -2.69. The molecule has 1 aliphatic rings. The molecule has 0 spiro atoms. The molecule has 0 aliphatic carbocycles. The van der Waals surface area contributed by atoms with Gasteiger partial charge in [-0.25, -0.2) is 4.79 Å². The van der Waals surface area contributed by atoms with Crippen LogP contribution in [-0.4, -0.2) is 55.2 Å². The van der Waals surface area contributed by atoms with Crippen LogP contribution in [0.4, 0.5) is 13.2 Å². The fourth-order valence-electron chi connectivity index (χ4n) is 2.31. The zero-order valence-electron chi connectivity index (χ0n) is 13.6. The Bertz CT molecular complexity index is 551. The van der Waals surface area contributed by atoms with E-state index in [4.69, 9.17) is 9.90 Å². The van der Waals surface area contributed by atoms with Crippen molar-refractivity contribution in [1.29, 1.82) is 0 Å². The normalized spacial score (nSPS) is 15.2. The predicted molar refractivity (Wildman–Crippen MR) is 83.0 cm³/mol. The Labute approximate surface area is 138 Å². The summed E-state index contributed by atoms with van der Waals surface area (Å²) in [5, 5.41) is 10.5. The van der Waals surface area contributed by atoms with Crippen molar-refractivity contribution in [3.63, 3.8) is 0 Å². The summed E-state index contributed by atoms with van der Waals surface area (Å²) >= 11 is 0. The molecule has 2 rings (SSSR count). The third kappa shape index (κ3) is 6.19. The number of nitrogens with zero attached hydrogens (tertiary/aromatic N) is 1. The van der Waals surface area contributed by atoms with Gasteiger partial charge in [0.1, 0.15) is 0 Å². The predicted octanol–water partition coefficient (Wildman–Crippen LogP) is 2.49. The maximum Gasteiger partial charge on any atom is 0.490 e. The second kappa shape index (κ2) is 8.68. The van der Waals surface area contributed by atoms with E-state index in [2.05, 4.69) is 17.4 Å². The summed E-state index contributed by atoms with van der Waals surface area (Å²) in [6, 6.07) is 8.10. The van der Waals surface area contributed by atoms with Gasteiger partial charge in [-0.15, -0.1) is 0 Å². The number of halogens is 3. The molecule has 1 heterocycles. The van der Waals surface area contributed by atoms with Crippen molar-refractivity contribution < 1.29 is 27.9 Å². The Hall–Kier alpha value is -2.09. The fourth-order valence-corrected chi connectivity index (χ4v) is 2.31. The molecule has 0 bridgehead atoms. The van der Waals surface area contributed by atoms with Crippen LogP contribution in [0.2, 0.25) is 0 Å². The van der Waals surface area contributed by atoms with Crippen molar-refractivity contribution in [1.82, 2.24) is 10.2 Å². The highest BCUT2D eigenvalue weighted by Gasteiger charge is 2.38. The van der Waals surface area contributed by atoms with Gasteiger partial charge in [0.25, 0.3) is 5.91 Å². The van der Waals surface area contributed by atoms with E-state index in [9.17, 15) is 18.0 Å². The first-order valence-electron chi connectivity index (χ1n) is 7.45. The van der Waals surface area contributed by atoms with Gasteiger partial charge in [0, 0.05) is 19.7 Å². The van der Waals surface area contributed by atoms with Crippen LogP contribution in [-0.2, 0) is 4.79 Å². The number of piperidine rings is 1. The number of hydrogen-bond acceptors (Lipinski definition) is 3. The Kier molecular flexibility index (Phi) is 7.21. The number of benzene rings is 1. The van der Waals surface area contributed by atoms with Crippen LogP contribution in [0.1, 0.15) is 34.7 Å². The third-order valence-corrected chi connectivity index (χ3v) is 3.62. The van der Waals surface area contributed by atoms with E-state index in [1.807, 2.05) is 12.1 Å². The highest BCUT2D eigenvalue weighted by atomic mass is 19.4. The Balaban J connectivity index is 0.000000351. The van der Waals surface area contributed by atoms with Gasteiger partial charge in [-0.3, -0.25) is 4.79 Å². The molecule has 8 heteroatoms. The lowest BCUT2D eigenvalue weighted by Gasteiger charge is -2.23. The van der Waals surface area contributed by atoms with Gasteiger partial charge < -0.3 is 15.3 Å². The molecule has 0 unspecified atom stereocenters. The highest BCUT2D eigenvalue weighted by Crippen LogP contribution is 2.25. The number of carboxylic acid groups (broad SMARTS) is 1. The molecule has 134 valence electrons. The lowest BCUT2D eigenvalue weighted by molar-refractivity contribution is -0.192. The van der Waals surface area contributed by atoms with E-state index < -0.39 is 12.1 Å². The number of aliphatic carboxylic acids is 1. The first-order valence-corrected chi connectivity index (χ1v) is 7.45. The average Bonchev–Trinajstić information content (AvgIpc) is 2.55. The van der Waals surface area contributed by atoms with E-state index in [1.165, 1.54) is 18.4 Å². The molecule has 1 aromatic carbocycles. The van der Waals surface area contributed by atoms with Crippen LogP contribution >= 0.6 is 0 Å². The molecule has 24 heavy (non-hydrogen) atoms. The van der Waals surface area contributed by atoms with Gasteiger partial charge in [-0.05, 0) is 49.5 Å². The third-order valence-electron chi connectivity index (χ3n) is 3.62. The molecule has 0 radical (unpaired) electrons. The first-order chi connectivity index (χ1) is 11.1. The molecule has 2 N–H and O–H groups in total. The van der Waals surface area contributed by atoms with Gasteiger partial charge in [-0.1, -0.05) is 12.1 Å². The lowest BCUT2D eigenvalue weighted by Crippen LogP contribution is -2.26. The second-order valence-corrected chi connectivity index (χ2v) is 5.65. The smallest absolute Gasteiger partial charge is 0.475 e. The Morgan fingerprint density at radius 2 is 1.58 bits per heavy atom. The second-order valence-electron chi connectivity index (χ2n) is 5.65. The number of alkyl halides is 3. The van der Waals surface area contributed by atoms with E-state index >= 15 is 0 Å². The molecule has 0 saturated carbocycles. The highest BCUT2D eigenvalue weighted by molar-refractivity contribution is 5.93. The van der Waals surface area contributed by atoms with Crippen molar-refractivity contribution >= 4 is 11.9 Å². The first kappa shape index (κ1) is 20.0. The number of carbonyl (C=O) groups excluding carboxylic acids is 1. The topological polar surface area (TPSA) is 69.6 Å². The minimum absolute atomic E-state index is 0.0712. The quantitative estimate of drug-likeness (QED) is 0.863. The van der Waals surface area contributed by atoms with Crippen LogP contribution in [0.15, 0.2) is 24.3 Å². The SMILES string of the molecule is CN(C)C(=O)c1ccc(C2CCNCC2)cc1.O=C(O)C(F)(F)F. The number of rotatable bonds is 2. The van der Waals surface area contributed by atoms with Gasteiger partial charge in [0.2, 0.25) is 0 Å². The largest absolute Gasteiger partial charge is 0.490 e. The lowest BCUT2D eigenvalue weighted by atomic mass is 9.90. The minimum Gasteiger partial charge on any atom is -0.475 e. The maximum atomic E-state index is 11.7. The van der Waals surface area contributed by atoms with Crippen molar-refractivity contribution in [3.05, 3.63) is 35.4 Å². The van der Waals surface area contributed by atoms with Crippen LogP contribution in [0.5, 0.6) is 0 Å². The average molecular weight is 346 g/mol. The molecule has 1 amide bonds. The monoisotopic (exact) mass is 346 g/mol. The number of carbonyl (C=O) groups is 2. The van der Waals surface area contributed by atoms with E-state index in [0.717, 1.165) is 18.7 Å². The van der Waals surface area contributed by atoms with Crippen LogP contribution in [0, 0.1) is 0 Å². The Morgan fingerprint density at radius 1 is 1.12 bits per heavy atom. The molecular formula is C16H21F3N2O3. The summed E-state index contributed by atoms with van der Waals surface area (Å²) in [6.45, 7) is 2.20. The maximum absolute atomic E-state index is 11.7. The molecule has 1 aromatic rings. The van der Waals surface area contributed by atoms with Crippen molar-refractivity contribution in [2.75, 3.05) is 27.2 Å². The summed E-state index contributed by atoms with van der Waals surface area (Å²) in [5.41, 5.74) is 2.13. The fraction of sp³-hybridized carbons (Fsp3) is 0.500. The van der Waals surface area contributed by atoms with Gasteiger partial charge in [-0.2, -0.15) is 13.2 Å². The van der Waals surface area contributed by atoms with Crippen molar-refractivity contribution in [2.24, 2.45) is 0 Å². The summed E-state index contributed by atoms with van der Waals surface area (Å²) in [7, 11) is 3.56. The minimum atomic E-state index is -5.08. The molecule has 0 atom stereocenters. The number of amides is 1. The van der Waals surface area contributed by atoms with Crippen LogP contribution < -0.4 is 5.32 Å². The summed E-state index contributed by atoms with van der Waals surface area (Å²) in [4.78, 5) is 22.3. The zero-order valence-corrected chi connectivity index (χ0v) is 13.6. The Morgan fingerprint density at radius 3 is 1.96 bits per heavy atom. The van der Waals surface area contributed by atoms with Gasteiger partial charge >= 0.3 is 12.1 Å². The molecule has 1 fully saturated rings. The number of nitrogens with one attached hydrogen (secondary N) is 1. The van der Waals surface area contributed by atoms with E-state index in [0.29, 0.717) is 5.92 Å².